The first kappa shape index (κ1) is 13.4. The van der Waals surface area contributed by atoms with Gasteiger partial charge >= 0.3 is 5.97 Å². The van der Waals surface area contributed by atoms with Crippen LogP contribution in [0.3, 0.4) is 0 Å². The van der Waals surface area contributed by atoms with Gasteiger partial charge in [-0.05, 0) is 36.4 Å². The summed E-state index contributed by atoms with van der Waals surface area (Å²) in [6, 6.07) is 11.9. The molecule has 0 saturated heterocycles. The van der Waals surface area contributed by atoms with Crippen molar-refractivity contribution in [2.75, 3.05) is 5.73 Å². The largest absolute Gasteiger partial charge is 0.508 e. The minimum atomic E-state index is -0.754. The Balaban J connectivity index is 1.99. The van der Waals surface area contributed by atoms with E-state index in [1.807, 2.05) is 5.48 Å². The van der Waals surface area contributed by atoms with E-state index in [2.05, 4.69) is 4.84 Å². The maximum atomic E-state index is 11.7. The van der Waals surface area contributed by atoms with Gasteiger partial charge in [0.25, 0.3) is 5.91 Å². The summed E-state index contributed by atoms with van der Waals surface area (Å²) in [4.78, 5) is 28.0. The molecule has 102 valence electrons. The molecule has 4 N–H and O–H groups in total. The lowest BCUT2D eigenvalue weighted by Crippen LogP contribution is -2.27. The molecule has 0 unspecified atom stereocenters. The average Bonchev–Trinajstić information content (AvgIpc) is 2.45. The van der Waals surface area contributed by atoms with Gasteiger partial charge in [-0.15, -0.1) is 0 Å². The Morgan fingerprint density at radius 3 is 2.35 bits per heavy atom. The summed E-state index contributed by atoms with van der Waals surface area (Å²) in [6.07, 6.45) is 0. The third-order valence-electron chi connectivity index (χ3n) is 2.55. The molecular weight excluding hydrogens is 260 g/mol. The smallest absolute Gasteiger partial charge is 0.365 e. The van der Waals surface area contributed by atoms with Gasteiger partial charge in [0.1, 0.15) is 5.75 Å². The Hall–Kier alpha value is -3.02. The number of carbonyl (C=O) groups excluding carboxylic acids is 2. The molecule has 0 atom stereocenters. The predicted molar refractivity (Wildman–Crippen MR) is 71.8 cm³/mol. The number of hydrogen-bond donors (Lipinski definition) is 3. The number of hydrogen-bond acceptors (Lipinski definition) is 5. The molecule has 0 fully saturated rings. The summed E-state index contributed by atoms with van der Waals surface area (Å²) in [5, 5.41) is 9.10. The van der Waals surface area contributed by atoms with Crippen LogP contribution in [-0.2, 0) is 4.84 Å². The molecule has 2 aromatic rings. The fourth-order valence-electron chi connectivity index (χ4n) is 1.50. The number of phenolic OH excluding ortho intramolecular Hbond substituents is 1. The lowest BCUT2D eigenvalue weighted by Gasteiger charge is -2.07. The molecule has 0 radical (unpaired) electrons. The number of amides is 1. The molecule has 6 nitrogen and oxygen atoms in total. The fourth-order valence-corrected chi connectivity index (χ4v) is 1.50. The number of nitrogens with two attached hydrogens (primary N) is 1. The van der Waals surface area contributed by atoms with E-state index >= 15 is 0 Å². The highest BCUT2D eigenvalue weighted by Gasteiger charge is 2.13. The monoisotopic (exact) mass is 272 g/mol. The van der Waals surface area contributed by atoms with E-state index in [1.165, 1.54) is 30.3 Å². The van der Waals surface area contributed by atoms with Crippen LogP contribution in [-0.4, -0.2) is 17.0 Å². The van der Waals surface area contributed by atoms with Gasteiger partial charge in [-0.3, -0.25) is 4.79 Å². The molecule has 1 amide bonds. The van der Waals surface area contributed by atoms with Gasteiger partial charge in [-0.1, -0.05) is 12.1 Å². The summed E-state index contributed by atoms with van der Waals surface area (Å²) in [5.41, 5.74) is 8.31. The van der Waals surface area contributed by atoms with Crippen molar-refractivity contribution >= 4 is 17.6 Å². The number of nitrogens with one attached hydrogen (secondary N) is 1. The van der Waals surface area contributed by atoms with Crippen molar-refractivity contribution < 1.29 is 19.5 Å². The first-order valence-electron chi connectivity index (χ1n) is 5.73. The van der Waals surface area contributed by atoms with Crippen molar-refractivity contribution in [2.45, 2.75) is 0 Å². The topological polar surface area (TPSA) is 102 Å². The van der Waals surface area contributed by atoms with Gasteiger partial charge in [0.2, 0.25) is 0 Å². The molecule has 20 heavy (non-hydrogen) atoms. The number of carbonyl (C=O) groups is 2. The molecule has 0 saturated carbocycles. The lowest BCUT2D eigenvalue weighted by atomic mass is 10.2. The van der Waals surface area contributed by atoms with Crippen molar-refractivity contribution in [3.8, 4) is 5.75 Å². The van der Waals surface area contributed by atoms with Crippen LogP contribution in [0.2, 0.25) is 0 Å². The maximum absolute atomic E-state index is 11.7. The van der Waals surface area contributed by atoms with Crippen LogP contribution in [0.1, 0.15) is 20.7 Å². The molecule has 0 heterocycles. The lowest BCUT2D eigenvalue weighted by molar-refractivity contribution is 0.0231. The number of anilines is 1. The van der Waals surface area contributed by atoms with E-state index in [0.29, 0.717) is 0 Å². The average molecular weight is 272 g/mol. The molecule has 2 aromatic carbocycles. The van der Waals surface area contributed by atoms with E-state index in [1.54, 1.807) is 18.2 Å². The highest BCUT2D eigenvalue weighted by Crippen LogP contribution is 2.12. The minimum Gasteiger partial charge on any atom is -0.508 e. The third-order valence-corrected chi connectivity index (χ3v) is 2.55. The number of rotatable bonds is 2. The minimum absolute atomic E-state index is 0.0376. The van der Waals surface area contributed by atoms with Crippen LogP contribution in [0.4, 0.5) is 5.69 Å². The Morgan fingerprint density at radius 1 is 1.05 bits per heavy atom. The van der Waals surface area contributed by atoms with Crippen molar-refractivity contribution in [3.63, 3.8) is 0 Å². The molecule has 0 aliphatic carbocycles. The first-order chi connectivity index (χ1) is 9.58. The van der Waals surface area contributed by atoms with Crippen molar-refractivity contribution in [1.82, 2.24) is 5.48 Å². The fraction of sp³-hybridized carbons (Fsp3) is 0. The van der Waals surface area contributed by atoms with Crippen LogP contribution in [0.5, 0.6) is 5.75 Å². The molecule has 6 heteroatoms. The Bertz CT molecular complexity index is 638. The Labute approximate surface area is 114 Å². The standard InChI is InChI=1S/C14H12N2O4/c15-12-4-2-1-3-11(12)14(19)20-16-13(18)9-5-7-10(17)8-6-9/h1-8,17H,15H2,(H,16,18). The number of para-hydroxylation sites is 1. The van der Waals surface area contributed by atoms with Crippen molar-refractivity contribution in [2.24, 2.45) is 0 Å². The van der Waals surface area contributed by atoms with Gasteiger partial charge in [-0.2, -0.15) is 5.48 Å². The van der Waals surface area contributed by atoms with Crippen LogP contribution in [0.15, 0.2) is 48.5 Å². The second-order valence-corrected chi connectivity index (χ2v) is 3.95. The summed E-state index contributed by atoms with van der Waals surface area (Å²) >= 11 is 0. The van der Waals surface area contributed by atoms with Gasteiger partial charge < -0.3 is 15.7 Å². The zero-order chi connectivity index (χ0) is 14.5. The van der Waals surface area contributed by atoms with E-state index in [0.717, 1.165) is 0 Å². The number of nitrogen functional groups attached to an aromatic ring is 1. The number of aromatic hydroxyl groups is 1. The quantitative estimate of drug-likeness (QED) is 0.567. The van der Waals surface area contributed by atoms with Crippen LogP contribution in [0.25, 0.3) is 0 Å². The third kappa shape index (κ3) is 3.05. The zero-order valence-corrected chi connectivity index (χ0v) is 10.4. The second kappa shape index (κ2) is 5.75. The van der Waals surface area contributed by atoms with E-state index in [9.17, 15) is 9.59 Å². The second-order valence-electron chi connectivity index (χ2n) is 3.95. The zero-order valence-electron chi connectivity index (χ0n) is 10.4. The molecule has 0 aliphatic rings. The normalized spacial score (nSPS) is 9.80. The summed E-state index contributed by atoms with van der Waals surface area (Å²) < 4.78 is 0. The van der Waals surface area contributed by atoms with Crippen molar-refractivity contribution in [1.29, 1.82) is 0 Å². The maximum Gasteiger partial charge on any atom is 0.365 e. The van der Waals surface area contributed by atoms with Crippen LogP contribution >= 0.6 is 0 Å². The van der Waals surface area contributed by atoms with Gasteiger partial charge in [-0.25, -0.2) is 4.79 Å². The summed E-state index contributed by atoms with van der Waals surface area (Å²) in [7, 11) is 0. The molecule has 0 aromatic heterocycles. The SMILES string of the molecule is Nc1ccccc1C(=O)ONC(=O)c1ccc(O)cc1. The molecule has 0 spiro atoms. The van der Waals surface area contributed by atoms with E-state index in [4.69, 9.17) is 10.8 Å². The van der Waals surface area contributed by atoms with E-state index in [-0.39, 0.29) is 22.6 Å². The van der Waals surface area contributed by atoms with Crippen LogP contribution in [0, 0.1) is 0 Å². The van der Waals surface area contributed by atoms with Crippen LogP contribution < -0.4 is 11.2 Å². The highest BCUT2D eigenvalue weighted by molar-refractivity contribution is 5.98. The summed E-state index contributed by atoms with van der Waals surface area (Å²) in [6.45, 7) is 0. The molecule has 2 rings (SSSR count). The highest BCUT2D eigenvalue weighted by atomic mass is 16.7. The van der Waals surface area contributed by atoms with Crippen molar-refractivity contribution in [3.05, 3.63) is 59.7 Å². The molecular formula is C14H12N2O4. The number of phenols is 1. The first-order valence-corrected chi connectivity index (χ1v) is 5.73. The van der Waals surface area contributed by atoms with Gasteiger partial charge in [0.05, 0.1) is 5.56 Å². The predicted octanol–water partition coefficient (Wildman–Crippen LogP) is 1.48. The van der Waals surface area contributed by atoms with Gasteiger partial charge in [0.15, 0.2) is 0 Å². The van der Waals surface area contributed by atoms with Gasteiger partial charge in [0, 0.05) is 11.3 Å². The summed E-state index contributed by atoms with van der Waals surface area (Å²) in [5.74, 6) is -1.32. The van der Waals surface area contributed by atoms with E-state index < -0.39 is 11.9 Å². The Kier molecular flexibility index (Phi) is 3.85. The molecule has 0 bridgehead atoms. The molecule has 0 aliphatic heterocycles. The number of benzene rings is 2. The number of hydroxylamine groups is 1. The Morgan fingerprint density at radius 2 is 1.70 bits per heavy atom.